The van der Waals surface area contributed by atoms with E-state index in [0.29, 0.717) is 48.0 Å². The maximum atomic E-state index is 13.7. The summed E-state index contributed by atoms with van der Waals surface area (Å²) in [6, 6.07) is 9.04. The van der Waals surface area contributed by atoms with Crippen molar-refractivity contribution in [1.29, 1.82) is 0 Å². The predicted molar refractivity (Wildman–Crippen MR) is 129 cm³/mol. The number of aliphatic hydroxyl groups is 1. The zero-order chi connectivity index (χ0) is 24.7. The summed E-state index contributed by atoms with van der Waals surface area (Å²) < 4.78 is 19.2. The number of carbonyl (C=O) groups excluding carboxylic acids is 2. The lowest BCUT2D eigenvalue weighted by molar-refractivity contribution is 0.0350. The maximum Gasteiger partial charge on any atom is 0.407 e. The van der Waals surface area contributed by atoms with E-state index in [4.69, 9.17) is 33.0 Å². The highest BCUT2D eigenvalue weighted by molar-refractivity contribution is 6.34. The van der Waals surface area contributed by atoms with Crippen LogP contribution >= 0.6 is 23.2 Å². The molecular weight excluding hydrogens is 484 g/mol. The van der Waals surface area contributed by atoms with Gasteiger partial charge < -0.3 is 25.4 Å². The number of alkyl carbamates (subject to hydrolysis) is 1. The van der Waals surface area contributed by atoms with Crippen LogP contribution in [0.2, 0.25) is 10.0 Å². The minimum Gasteiger partial charge on any atom is -0.446 e. The Balaban J connectivity index is 1.69. The monoisotopic (exact) mass is 511 g/mol. The summed E-state index contributed by atoms with van der Waals surface area (Å²) in [6.07, 6.45) is 0.339. The van der Waals surface area contributed by atoms with Crippen LogP contribution in [0.25, 0.3) is 0 Å². The molecule has 184 valence electrons. The van der Waals surface area contributed by atoms with Gasteiger partial charge in [-0.3, -0.25) is 0 Å². The molecule has 3 N–H and O–H groups in total. The van der Waals surface area contributed by atoms with Crippen LogP contribution in [0.1, 0.15) is 35.6 Å². The first-order valence-corrected chi connectivity index (χ1v) is 11.8. The van der Waals surface area contributed by atoms with Crippen LogP contribution in [0.5, 0.6) is 0 Å². The van der Waals surface area contributed by atoms with Gasteiger partial charge >= 0.3 is 12.1 Å². The van der Waals surface area contributed by atoms with Gasteiger partial charge in [0, 0.05) is 42.5 Å². The third kappa shape index (κ3) is 7.22. The highest BCUT2D eigenvalue weighted by Gasteiger charge is 2.35. The largest absolute Gasteiger partial charge is 0.446 e. The van der Waals surface area contributed by atoms with Crippen molar-refractivity contribution in [3.8, 4) is 0 Å². The number of aryl methyl sites for hydroxylation is 1. The molecule has 0 radical (unpaired) electrons. The lowest BCUT2D eigenvalue weighted by Crippen LogP contribution is -2.49. The lowest BCUT2D eigenvalue weighted by Gasteiger charge is -2.40. The van der Waals surface area contributed by atoms with Crippen LogP contribution < -0.4 is 10.6 Å². The van der Waals surface area contributed by atoms with Crippen LogP contribution in [-0.4, -0.2) is 54.5 Å². The predicted octanol–water partition coefficient (Wildman–Crippen LogP) is 4.62. The molecule has 1 saturated heterocycles. The minimum atomic E-state index is -0.619. The molecule has 7 nitrogen and oxygen atoms in total. The molecule has 1 heterocycles. The van der Waals surface area contributed by atoms with Crippen LogP contribution in [0.4, 0.5) is 14.0 Å². The third-order valence-corrected chi connectivity index (χ3v) is 6.11. The maximum absolute atomic E-state index is 13.7. The molecule has 0 bridgehead atoms. The Morgan fingerprint density at radius 3 is 2.56 bits per heavy atom. The Hall–Kier alpha value is -2.55. The van der Waals surface area contributed by atoms with E-state index in [1.54, 1.807) is 36.1 Å². The van der Waals surface area contributed by atoms with Gasteiger partial charge in [-0.2, -0.15) is 0 Å². The Kier molecular flexibility index (Phi) is 9.38. The number of rotatable bonds is 7. The molecule has 34 heavy (non-hydrogen) atoms. The standard InChI is InChI=1S/C24H28Cl2FN3O4/c1-15-10-19(27)2-3-21(15)22-14-20(34-24(33)29-7-9-31)5-8-30(22)23(32)28-6-4-16-11-17(25)13-18(26)12-16/h2-3,10-13,20,22,31H,4-9,14H2,1H3,(H,28,32)(H,29,33)/t20-,22+/m0/s1. The van der Waals surface area contributed by atoms with Crippen LogP contribution in [0, 0.1) is 12.7 Å². The molecule has 0 aliphatic carbocycles. The number of aliphatic hydroxyl groups excluding tert-OH is 1. The molecule has 1 aliphatic heterocycles. The normalized spacial score (nSPS) is 17.9. The van der Waals surface area contributed by atoms with Crippen LogP contribution in [0.15, 0.2) is 36.4 Å². The average molecular weight is 512 g/mol. The lowest BCUT2D eigenvalue weighted by atomic mass is 9.91. The van der Waals surface area contributed by atoms with Gasteiger partial charge in [0.1, 0.15) is 11.9 Å². The van der Waals surface area contributed by atoms with Gasteiger partial charge in [-0.25, -0.2) is 14.0 Å². The first-order valence-electron chi connectivity index (χ1n) is 11.1. The van der Waals surface area contributed by atoms with Crippen LogP contribution in [0.3, 0.4) is 0 Å². The summed E-state index contributed by atoms with van der Waals surface area (Å²) in [5, 5.41) is 15.3. The topological polar surface area (TPSA) is 90.9 Å². The van der Waals surface area contributed by atoms with Crippen LogP contribution in [-0.2, 0) is 11.2 Å². The zero-order valence-corrected chi connectivity index (χ0v) is 20.3. The fourth-order valence-electron chi connectivity index (χ4n) is 4.11. The quantitative estimate of drug-likeness (QED) is 0.505. The van der Waals surface area contributed by atoms with Gasteiger partial charge in [0.05, 0.1) is 12.6 Å². The molecule has 1 fully saturated rings. The van der Waals surface area contributed by atoms with E-state index in [1.165, 1.54) is 12.1 Å². The van der Waals surface area contributed by atoms with Gasteiger partial charge in [0.25, 0.3) is 0 Å². The number of urea groups is 1. The van der Waals surface area contributed by atoms with E-state index < -0.39 is 18.2 Å². The number of likely N-dealkylation sites (tertiary alicyclic amines) is 1. The molecule has 0 aromatic heterocycles. The van der Waals surface area contributed by atoms with Gasteiger partial charge in [-0.1, -0.05) is 29.3 Å². The highest BCUT2D eigenvalue weighted by Crippen LogP contribution is 2.34. The van der Waals surface area contributed by atoms with Gasteiger partial charge in [0.15, 0.2) is 0 Å². The molecule has 2 aromatic carbocycles. The zero-order valence-electron chi connectivity index (χ0n) is 18.8. The molecule has 2 atom stereocenters. The number of carbonyl (C=O) groups is 2. The Labute approximate surface area is 208 Å². The van der Waals surface area contributed by atoms with Crippen molar-refractivity contribution in [2.75, 3.05) is 26.2 Å². The molecule has 2 aromatic rings. The molecule has 3 rings (SSSR count). The number of piperidine rings is 1. The molecule has 0 saturated carbocycles. The van der Waals surface area contributed by atoms with E-state index in [0.717, 1.165) is 11.1 Å². The second kappa shape index (κ2) is 12.2. The van der Waals surface area contributed by atoms with Gasteiger partial charge in [-0.15, -0.1) is 0 Å². The summed E-state index contributed by atoms with van der Waals surface area (Å²) >= 11 is 12.1. The average Bonchev–Trinajstić information content (AvgIpc) is 2.77. The third-order valence-electron chi connectivity index (χ3n) is 5.67. The van der Waals surface area contributed by atoms with Gasteiger partial charge in [0.2, 0.25) is 0 Å². The summed E-state index contributed by atoms with van der Waals surface area (Å²) in [4.78, 5) is 26.7. The van der Waals surface area contributed by atoms with Crippen molar-refractivity contribution in [2.24, 2.45) is 0 Å². The molecule has 3 amide bonds. The first kappa shape index (κ1) is 26.1. The number of ether oxygens (including phenoxy) is 1. The fraction of sp³-hybridized carbons (Fsp3) is 0.417. The van der Waals surface area contributed by atoms with Crippen molar-refractivity contribution in [3.63, 3.8) is 0 Å². The first-order chi connectivity index (χ1) is 16.3. The number of amides is 3. The fourth-order valence-corrected chi connectivity index (χ4v) is 4.68. The highest BCUT2D eigenvalue weighted by atomic mass is 35.5. The van der Waals surface area contributed by atoms with E-state index >= 15 is 0 Å². The van der Waals surface area contributed by atoms with E-state index in [-0.39, 0.29) is 25.0 Å². The SMILES string of the molecule is Cc1cc(F)ccc1[C@H]1C[C@@H](OC(=O)NCCO)CCN1C(=O)NCCc1cc(Cl)cc(Cl)c1. The smallest absolute Gasteiger partial charge is 0.407 e. The van der Waals surface area contributed by atoms with Gasteiger partial charge in [-0.05, 0) is 60.4 Å². The van der Waals surface area contributed by atoms with Crippen molar-refractivity contribution in [3.05, 3.63) is 69.0 Å². The Morgan fingerprint density at radius 1 is 1.15 bits per heavy atom. The van der Waals surface area contributed by atoms with Crippen molar-refractivity contribution >= 4 is 35.3 Å². The summed E-state index contributed by atoms with van der Waals surface area (Å²) in [5.74, 6) is -0.357. The number of nitrogens with one attached hydrogen (secondary N) is 2. The van der Waals surface area contributed by atoms with E-state index in [2.05, 4.69) is 10.6 Å². The number of hydrogen-bond acceptors (Lipinski definition) is 4. The molecule has 1 aliphatic rings. The van der Waals surface area contributed by atoms with Crippen molar-refractivity contribution in [1.82, 2.24) is 15.5 Å². The second-order valence-corrected chi connectivity index (χ2v) is 9.04. The number of benzene rings is 2. The number of halogens is 3. The molecular formula is C24H28Cl2FN3O4. The molecule has 0 spiro atoms. The molecule has 0 unspecified atom stereocenters. The van der Waals surface area contributed by atoms with Crippen molar-refractivity contribution < 1.29 is 23.8 Å². The summed E-state index contributed by atoms with van der Waals surface area (Å²) in [6.45, 7) is 2.43. The minimum absolute atomic E-state index is 0.0957. The number of hydrogen-bond donors (Lipinski definition) is 3. The molecule has 10 heteroatoms. The second-order valence-electron chi connectivity index (χ2n) is 8.17. The Bertz CT molecular complexity index is 1000. The number of nitrogens with zero attached hydrogens (tertiary/aromatic N) is 1. The summed E-state index contributed by atoms with van der Waals surface area (Å²) in [5.41, 5.74) is 2.41. The van der Waals surface area contributed by atoms with E-state index in [9.17, 15) is 14.0 Å². The van der Waals surface area contributed by atoms with E-state index in [1.807, 2.05) is 0 Å². The summed E-state index contributed by atoms with van der Waals surface area (Å²) in [7, 11) is 0. The Morgan fingerprint density at radius 2 is 1.88 bits per heavy atom. The van der Waals surface area contributed by atoms with Crippen molar-refractivity contribution in [2.45, 2.75) is 38.3 Å².